The molecule has 40 heavy (non-hydrogen) atoms. The van der Waals surface area contributed by atoms with E-state index in [2.05, 4.69) is 26.3 Å². The van der Waals surface area contributed by atoms with E-state index < -0.39 is 20.5 Å². The Labute approximate surface area is 230 Å². The summed E-state index contributed by atoms with van der Waals surface area (Å²) >= 11 is 0. The Morgan fingerprint density at radius 1 is 0.950 bits per heavy atom. The van der Waals surface area contributed by atoms with E-state index >= 15 is 0 Å². The summed E-state index contributed by atoms with van der Waals surface area (Å²) in [5.74, 6) is -0.770. The molecule has 1 N–H and O–H groups in total. The quantitative estimate of drug-likeness (QED) is 0.221. The van der Waals surface area contributed by atoms with E-state index in [0.717, 1.165) is 49.7 Å². The first-order valence-corrected chi connectivity index (χ1v) is 15.1. The second-order valence-electron chi connectivity index (χ2n) is 10.5. The Kier molecular flexibility index (Phi) is 6.83. The monoisotopic (exact) mass is 560 g/mol. The fourth-order valence-electron chi connectivity index (χ4n) is 6.04. The smallest absolute Gasteiger partial charge is 0.300 e. The number of fused-ring (bicyclic) bond motifs is 3. The highest BCUT2D eigenvalue weighted by atomic mass is 32.2. The summed E-state index contributed by atoms with van der Waals surface area (Å²) in [5, 5.41) is 21.7. The molecule has 11 heteroatoms. The highest BCUT2D eigenvalue weighted by molar-refractivity contribution is 7.92. The molecule has 0 bridgehead atoms. The molecule has 3 aromatic carbocycles. The van der Waals surface area contributed by atoms with Gasteiger partial charge < -0.3 is 5.32 Å². The molecule has 1 aromatic heterocycles. The highest BCUT2D eigenvalue weighted by Gasteiger charge is 2.27. The molecule has 2 aliphatic carbocycles. The first-order chi connectivity index (χ1) is 19.3. The van der Waals surface area contributed by atoms with Gasteiger partial charge in [-0.3, -0.25) is 14.9 Å². The molecule has 0 radical (unpaired) electrons. The van der Waals surface area contributed by atoms with Gasteiger partial charge in [-0.25, -0.2) is 13.0 Å². The molecule has 10 nitrogen and oxygen atoms in total. The van der Waals surface area contributed by atoms with Crippen LogP contribution >= 0.6 is 0 Å². The molecule has 0 unspecified atom stereocenters. The van der Waals surface area contributed by atoms with Crippen molar-refractivity contribution < 1.29 is 22.8 Å². The fraction of sp³-hybridized carbons (Fsp3) is 0.345. The van der Waals surface area contributed by atoms with Crippen LogP contribution < -0.4 is 5.32 Å². The topological polar surface area (TPSA) is 145 Å². The minimum atomic E-state index is -3.76. The number of hydrogen-bond donors (Lipinski definition) is 1. The molecule has 0 atom stereocenters. The van der Waals surface area contributed by atoms with Crippen molar-refractivity contribution in [1.29, 1.82) is 0 Å². The van der Waals surface area contributed by atoms with Crippen LogP contribution in [0.2, 0.25) is 0 Å². The maximum absolute atomic E-state index is 13.1. The van der Waals surface area contributed by atoms with Crippen LogP contribution in [-0.2, 0) is 53.2 Å². The minimum Gasteiger partial charge on any atom is -0.383 e. The van der Waals surface area contributed by atoms with Crippen LogP contribution in [0.5, 0.6) is 0 Å². The molecule has 0 saturated heterocycles. The summed E-state index contributed by atoms with van der Waals surface area (Å²) in [6.45, 7) is 0.468. The summed E-state index contributed by atoms with van der Waals surface area (Å²) in [6.07, 6.45) is 6.96. The summed E-state index contributed by atoms with van der Waals surface area (Å²) in [7, 11) is -3.76. The average molecular weight is 561 g/mol. The van der Waals surface area contributed by atoms with Crippen molar-refractivity contribution >= 4 is 38.0 Å². The maximum Gasteiger partial charge on any atom is 0.300 e. The number of carbonyl (C=O) groups excluding carboxylic acids is 1. The van der Waals surface area contributed by atoms with Crippen LogP contribution in [0.25, 0.3) is 11.0 Å². The Balaban J connectivity index is 1.09. The van der Waals surface area contributed by atoms with Gasteiger partial charge in [0.15, 0.2) is 21.1 Å². The summed E-state index contributed by atoms with van der Waals surface area (Å²) in [5.41, 5.74) is 7.92. The van der Waals surface area contributed by atoms with Crippen molar-refractivity contribution in [3.8, 4) is 0 Å². The van der Waals surface area contributed by atoms with Gasteiger partial charge in [0.2, 0.25) is 5.52 Å². The number of sulfone groups is 1. The Hall–Kier alpha value is -4.12. The van der Waals surface area contributed by atoms with Crippen LogP contribution in [-0.4, -0.2) is 41.7 Å². The van der Waals surface area contributed by atoms with E-state index in [0.29, 0.717) is 18.7 Å². The predicted molar refractivity (Wildman–Crippen MR) is 148 cm³/mol. The number of non-ortho nitro benzene ring substituents is 1. The third-order valence-corrected chi connectivity index (χ3v) is 9.62. The molecular weight excluding hydrogens is 532 g/mol. The molecule has 0 saturated carbocycles. The van der Waals surface area contributed by atoms with Gasteiger partial charge in [0, 0.05) is 19.0 Å². The molecule has 4 aromatic rings. The zero-order valence-corrected chi connectivity index (χ0v) is 22.6. The van der Waals surface area contributed by atoms with Gasteiger partial charge in [0.25, 0.3) is 0 Å². The fourth-order valence-corrected chi connectivity index (χ4v) is 7.28. The number of nitrogens with zero attached hydrogens (tertiary/aromatic N) is 3. The van der Waals surface area contributed by atoms with E-state index in [1.54, 1.807) is 30.3 Å². The van der Waals surface area contributed by atoms with Crippen molar-refractivity contribution in [2.24, 2.45) is 0 Å². The number of ketones is 1. The van der Waals surface area contributed by atoms with Gasteiger partial charge in [0.1, 0.15) is 5.75 Å². The van der Waals surface area contributed by atoms with E-state index in [4.69, 9.17) is 0 Å². The summed E-state index contributed by atoms with van der Waals surface area (Å²) in [6, 6.07) is 11.8. The maximum atomic E-state index is 13.1. The SMILES string of the molecule is O=C(Cc1c2c(cc3c1CCC3)CCC2)CS(=O)(=O)c1ccc(CCNc2ccc([N+](=O)[O-])c3nonc23)cc1. The number of rotatable bonds is 10. The van der Waals surface area contributed by atoms with Crippen LogP contribution in [0.3, 0.4) is 0 Å². The van der Waals surface area contributed by atoms with Gasteiger partial charge in [-0.15, -0.1) is 0 Å². The number of Topliss-reactive ketones (excluding diaryl/α,β-unsaturated/α-hetero) is 1. The zero-order chi connectivity index (χ0) is 27.9. The molecule has 206 valence electrons. The Morgan fingerprint density at radius 2 is 1.62 bits per heavy atom. The van der Waals surface area contributed by atoms with Gasteiger partial charge in [-0.05, 0) is 107 Å². The number of benzene rings is 3. The number of nitro groups is 1. The van der Waals surface area contributed by atoms with Crippen LogP contribution in [0.15, 0.2) is 52.0 Å². The van der Waals surface area contributed by atoms with E-state index in [1.165, 1.54) is 28.3 Å². The Morgan fingerprint density at radius 3 is 2.30 bits per heavy atom. The highest BCUT2D eigenvalue weighted by Crippen LogP contribution is 2.35. The first-order valence-electron chi connectivity index (χ1n) is 13.4. The molecule has 6 rings (SSSR count). The lowest BCUT2D eigenvalue weighted by molar-refractivity contribution is -0.383. The first kappa shape index (κ1) is 26.1. The number of anilines is 1. The molecule has 1 heterocycles. The van der Waals surface area contributed by atoms with Crippen molar-refractivity contribution in [2.45, 2.75) is 56.3 Å². The third kappa shape index (κ3) is 4.97. The number of nitro benzene ring substituents is 1. The molecule has 2 aliphatic rings. The van der Waals surface area contributed by atoms with Crippen molar-refractivity contribution in [2.75, 3.05) is 17.6 Å². The second-order valence-corrected chi connectivity index (χ2v) is 12.5. The standard InChI is InChI=1S/C29H28N4O6S/c34-21(16-25-23-5-1-3-19(23)15-20-4-2-6-24(20)25)17-40(37,38)22-9-7-18(8-10-22)13-14-30-26-11-12-27(33(35)36)29-28(26)31-39-32-29/h7-12,15,30H,1-6,13-14,16-17H2. The number of aromatic nitrogens is 2. The molecule has 0 fully saturated rings. The van der Waals surface area contributed by atoms with Gasteiger partial charge >= 0.3 is 5.69 Å². The lowest BCUT2D eigenvalue weighted by Gasteiger charge is -2.15. The molecule has 0 amide bonds. The molecule has 0 spiro atoms. The van der Waals surface area contributed by atoms with Crippen LogP contribution in [0.1, 0.15) is 46.2 Å². The third-order valence-electron chi connectivity index (χ3n) is 7.93. The number of aryl methyl sites for hydroxylation is 2. The van der Waals surface area contributed by atoms with Gasteiger partial charge in [-0.1, -0.05) is 18.2 Å². The number of hydrogen-bond acceptors (Lipinski definition) is 9. The average Bonchev–Trinajstić information content (AvgIpc) is 3.69. The predicted octanol–water partition coefficient (Wildman–Crippen LogP) is 4.35. The van der Waals surface area contributed by atoms with E-state index in [1.807, 2.05) is 0 Å². The normalized spacial score (nSPS) is 14.3. The van der Waals surface area contributed by atoms with Crippen molar-refractivity contribution in [3.05, 3.63) is 86.0 Å². The van der Waals surface area contributed by atoms with E-state index in [9.17, 15) is 23.3 Å². The lowest BCUT2D eigenvalue weighted by atomic mass is 9.91. The second kappa shape index (κ2) is 10.5. The van der Waals surface area contributed by atoms with Crippen LogP contribution in [0, 0.1) is 10.1 Å². The van der Waals surface area contributed by atoms with Crippen molar-refractivity contribution in [3.63, 3.8) is 0 Å². The van der Waals surface area contributed by atoms with Gasteiger partial charge in [0.05, 0.1) is 15.5 Å². The molecule has 0 aliphatic heterocycles. The van der Waals surface area contributed by atoms with Gasteiger partial charge in [-0.2, -0.15) is 0 Å². The van der Waals surface area contributed by atoms with Crippen molar-refractivity contribution in [1.82, 2.24) is 10.3 Å². The summed E-state index contributed by atoms with van der Waals surface area (Å²) in [4.78, 5) is 23.8. The van der Waals surface area contributed by atoms with E-state index in [-0.39, 0.29) is 33.8 Å². The lowest BCUT2D eigenvalue weighted by Crippen LogP contribution is -2.19. The molecular formula is C29H28N4O6S. The number of nitrogens with one attached hydrogen (secondary N) is 1. The minimum absolute atomic E-state index is 0.0696. The zero-order valence-electron chi connectivity index (χ0n) is 21.8. The Bertz CT molecular complexity index is 1710. The summed E-state index contributed by atoms with van der Waals surface area (Å²) < 4.78 is 30.8. The largest absolute Gasteiger partial charge is 0.383 e. The number of carbonyl (C=O) groups is 1. The van der Waals surface area contributed by atoms with Crippen LogP contribution in [0.4, 0.5) is 11.4 Å².